The normalized spacial score (nSPS) is 20.3. The summed E-state index contributed by atoms with van der Waals surface area (Å²) in [4.78, 5) is 10.1. The number of alkyl halides is 2. The van der Waals surface area contributed by atoms with Crippen molar-refractivity contribution in [3.8, 4) is 0 Å². The molecule has 2 atom stereocenters. The van der Waals surface area contributed by atoms with E-state index in [2.05, 4.69) is 20.2 Å². The Balaban J connectivity index is 1.72. The van der Waals surface area contributed by atoms with Crippen LogP contribution in [0.15, 0.2) is 36.8 Å². The Kier molecular flexibility index (Phi) is 4.51. The maximum absolute atomic E-state index is 15.2. The molecule has 6 nitrogen and oxygen atoms in total. The molecule has 1 aliphatic rings. The van der Waals surface area contributed by atoms with Crippen LogP contribution in [0.1, 0.15) is 30.4 Å². The van der Waals surface area contributed by atoms with Crippen LogP contribution in [0.25, 0.3) is 11.0 Å². The third kappa shape index (κ3) is 3.49. The van der Waals surface area contributed by atoms with E-state index in [0.29, 0.717) is 23.3 Å². The first kappa shape index (κ1) is 17.8. The number of nitrogens with one attached hydrogen (secondary N) is 1. The molecule has 4 rings (SSSR count). The van der Waals surface area contributed by atoms with Gasteiger partial charge in [-0.3, -0.25) is 5.10 Å². The average molecular weight is 372 g/mol. The van der Waals surface area contributed by atoms with Gasteiger partial charge in [-0.15, -0.1) is 0 Å². The number of aromatic amines is 1. The lowest BCUT2D eigenvalue weighted by Gasteiger charge is -2.33. The largest absolute Gasteiger partial charge is 0.346 e. The second-order valence-electron chi connectivity index (χ2n) is 7.25. The van der Waals surface area contributed by atoms with E-state index in [0.717, 1.165) is 18.4 Å². The number of aromatic nitrogens is 4. The van der Waals surface area contributed by atoms with E-state index in [4.69, 9.17) is 5.73 Å². The van der Waals surface area contributed by atoms with E-state index in [1.165, 1.54) is 18.5 Å². The van der Waals surface area contributed by atoms with Gasteiger partial charge in [0.05, 0.1) is 18.1 Å². The first-order valence-electron chi connectivity index (χ1n) is 9.05. The molecule has 0 radical (unpaired) electrons. The summed E-state index contributed by atoms with van der Waals surface area (Å²) in [6.07, 6.45) is 5.19. The average Bonchev–Trinajstić information content (AvgIpc) is 3.28. The van der Waals surface area contributed by atoms with E-state index in [-0.39, 0.29) is 17.6 Å². The molecule has 0 unspecified atom stereocenters. The maximum Gasteiger partial charge on any atom is 0.290 e. The molecule has 0 spiro atoms. The summed E-state index contributed by atoms with van der Waals surface area (Å²) in [5.41, 5.74) is 7.54. The first-order chi connectivity index (χ1) is 12.9. The lowest BCUT2D eigenvalue weighted by atomic mass is 10.0. The van der Waals surface area contributed by atoms with Crippen molar-refractivity contribution in [2.75, 3.05) is 11.4 Å². The zero-order valence-electron chi connectivity index (χ0n) is 15.1. The number of hydrogen-bond donors (Lipinski definition) is 2. The summed E-state index contributed by atoms with van der Waals surface area (Å²) in [6, 6.07) is 6.31. The zero-order chi connectivity index (χ0) is 19.0. The Hall–Kier alpha value is -2.61. The molecular weight excluding hydrogens is 350 g/mol. The van der Waals surface area contributed by atoms with E-state index in [9.17, 15) is 0 Å². The van der Waals surface area contributed by atoms with Crippen LogP contribution in [0.2, 0.25) is 0 Å². The summed E-state index contributed by atoms with van der Waals surface area (Å²) in [7, 11) is 0. The minimum Gasteiger partial charge on any atom is -0.346 e. The highest BCUT2D eigenvalue weighted by molar-refractivity contribution is 5.86. The number of H-pyrrole nitrogens is 1. The number of rotatable bonds is 5. The Morgan fingerprint density at radius 3 is 2.70 bits per heavy atom. The van der Waals surface area contributed by atoms with Gasteiger partial charge in [0.1, 0.15) is 12.1 Å². The summed E-state index contributed by atoms with van der Waals surface area (Å²) in [6.45, 7) is 1.41. The van der Waals surface area contributed by atoms with Gasteiger partial charge in [-0.25, -0.2) is 9.97 Å². The van der Waals surface area contributed by atoms with Crippen molar-refractivity contribution in [1.82, 2.24) is 20.2 Å². The summed E-state index contributed by atoms with van der Waals surface area (Å²) in [5, 5.41) is 7.40. The number of benzene rings is 1. The highest BCUT2D eigenvalue weighted by Crippen LogP contribution is 2.36. The molecule has 8 heteroatoms. The molecule has 2 heterocycles. The van der Waals surface area contributed by atoms with E-state index in [1.807, 2.05) is 6.92 Å². The zero-order valence-corrected chi connectivity index (χ0v) is 15.1. The molecule has 1 aliphatic carbocycles. The molecule has 0 bridgehead atoms. The lowest BCUT2D eigenvalue weighted by molar-refractivity contribution is 0.00210. The summed E-state index contributed by atoms with van der Waals surface area (Å²) >= 11 is 0. The maximum atomic E-state index is 15.2. The quantitative estimate of drug-likeness (QED) is 0.719. The number of nitrogens with two attached hydrogens (primary N) is 1. The fraction of sp³-hybridized carbons (Fsp3) is 0.421. The Morgan fingerprint density at radius 2 is 2.00 bits per heavy atom. The van der Waals surface area contributed by atoms with Crippen LogP contribution in [0.3, 0.4) is 0 Å². The molecule has 3 N–H and O–H groups in total. The van der Waals surface area contributed by atoms with Crippen molar-refractivity contribution >= 4 is 16.9 Å². The van der Waals surface area contributed by atoms with Crippen LogP contribution >= 0.6 is 0 Å². The molecule has 0 aliphatic heterocycles. The summed E-state index contributed by atoms with van der Waals surface area (Å²) in [5.74, 6) is -2.55. The Morgan fingerprint density at radius 1 is 1.22 bits per heavy atom. The number of anilines is 1. The fourth-order valence-electron chi connectivity index (χ4n) is 3.74. The third-order valence-electron chi connectivity index (χ3n) is 5.23. The SMILES string of the molecule is Cc1ccc(C(F)(F)CN(c2ncnc3[nH]ncc23)[C@H]2CC[C@H](N)C2)cc1. The number of aryl methyl sites for hydroxylation is 1. The van der Waals surface area contributed by atoms with Crippen LogP contribution in [-0.4, -0.2) is 38.8 Å². The predicted molar refractivity (Wildman–Crippen MR) is 99.7 cm³/mol. The van der Waals surface area contributed by atoms with Gasteiger partial charge in [-0.1, -0.05) is 29.8 Å². The number of halogens is 2. The molecule has 0 saturated heterocycles. The van der Waals surface area contributed by atoms with Crippen LogP contribution in [-0.2, 0) is 5.92 Å². The molecule has 1 fully saturated rings. The Labute approximate surface area is 155 Å². The molecule has 1 saturated carbocycles. The molecule has 3 aromatic rings. The van der Waals surface area contributed by atoms with E-state index in [1.54, 1.807) is 23.2 Å². The monoisotopic (exact) mass is 372 g/mol. The molecule has 1 aromatic carbocycles. The van der Waals surface area contributed by atoms with Gasteiger partial charge >= 0.3 is 0 Å². The number of nitrogens with zero attached hydrogens (tertiary/aromatic N) is 4. The minimum absolute atomic E-state index is 0.00195. The van der Waals surface area contributed by atoms with Crippen molar-refractivity contribution < 1.29 is 8.78 Å². The van der Waals surface area contributed by atoms with Gasteiger partial charge in [-0.2, -0.15) is 13.9 Å². The topological polar surface area (TPSA) is 83.7 Å². The van der Waals surface area contributed by atoms with Gasteiger partial charge in [-0.05, 0) is 26.2 Å². The van der Waals surface area contributed by atoms with E-state index < -0.39 is 12.5 Å². The number of fused-ring (bicyclic) bond motifs is 1. The minimum atomic E-state index is -3.03. The van der Waals surface area contributed by atoms with Gasteiger partial charge in [0.25, 0.3) is 5.92 Å². The second kappa shape index (κ2) is 6.84. The summed E-state index contributed by atoms with van der Waals surface area (Å²) < 4.78 is 30.3. The van der Waals surface area contributed by atoms with Gasteiger partial charge in [0.2, 0.25) is 0 Å². The highest BCUT2D eigenvalue weighted by Gasteiger charge is 2.39. The van der Waals surface area contributed by atoms with Gasteiger partial charge < -0.3 is 10.6 Å². The molecular formula is C19H22F2N6. The molecule has 2 aromatic heterocycles. The number of hydrogen-bond acceptors (Lipinski definition) is 5. The van der Waals surface area contributed by atoms with Crippen molar-refractivity contribution in [1.29, 1.82) is 0 Å². The van der Waals surface area contributed by atoms with Crippen LogP contribution in [0.5, 0.6) is 0 Å². The van der Waals surface area contributed by atoms with Crippen LogP contribution < -0.4 is 10.6 Å². The third-order valence-corrected chi connectivity index (χ3v) is 5.23. The van der Waals surface area contributed by atoms with E-state index >= 15 is 8.78 Å². The van der Waals surface area contributed by atoms with Gasteiger partial charge in [0.15, 0.2) is 5.65 Å². The highest BCUT2D eigenvalue weighted by atomic mass is 19.3. The second-order valence-corrected chi connectivity index (χ2v) is 7.25. The van der Waals surface area contributed by atoms with Gasteiger partial charge in [0, 0.05) is 17.6 Å². The Bertz CT molecular complexity index is 923. The van der Waals surface area contributed by atoms with Crippen LogP contribution in [0.4, 0.5) is 14.6 Å². The first-order valence-corrected chi connectivity index (χ1v) is 9.05. The van der Waals surface area contributed by atoms with Crippen LogP contribution in [0, 0.1) is 6.92 Å². The van der Waals surface area contributed by atoms with Crippen molar-refractivity contribution in [3.05, 3.63) is 47.9 Å². The fourth-order valence-corrected chi connectivity index (χ4v) is 3.74. The lowest BCUT2D eigenvalue weighted by Crippen LogP contribution is -2.42. The van der Waals surface area contributed by atoms with Crippen molar-refractivity contribution in [2.45, 2.75) is 44.2 Å². The van der Waals surface area contributed by atoms with Crippen molar-refractivity contribution in [2.24, 2.45) is 5.73 Å². The standard InChI is InChI=1S/C19H22F2N6/c1-12-2-4-13(5-3-12)19(20,21)10-27(15-7-6-14(22)8-15)18-16-9-25-26-17(16)23-11-24-18/h2-5,9,11,14-15H,6-8,10,22H2,1H3,(H,23,24,25,26)/t14-,15-/m0/s1. The van der Waals surface area contributed by atoms with Crippen molar-refractivity contribution in [3.63, 3.8) is 0 Å². The smallest absolute Gasteiger partial charge is 0.290 e. The molecule has 0 amide bonds. The molecule has 27 heavy (non-hydrogen) atoms. The predicted octanol–water partition coefficient (Wildman–Crippen LogP) is 3.14. The molecule has 142 valence electrons.